The van der Waals surface area contributed by atoms with Gasteiger partial charge in [0, 0.05) is 0 Å². The molecular formula is IKO3S. The van der Waals surface area contributed by atoms with E-state index >= 15 is 0 Å². The second kappa shape index (κ2) is 4.18. The first kappa shape index (κ1) is 11.1. The summed E-state index contributed by atoms with van der Waals surface area (Å²) in [5.74, 6) is 0. The third-order valence-electron chi connectivity index (χ3n) is 0. The number of hydrogen-bond acceptors (Lipinski definition) is 3. The molecule has 0 aliphatic carbocycles. The molecule has 0 aliphatic heterocycles. The van der Waals surface area contributed by atoms with Crippen molar-refractivity contribution in [1.29, 1.82) is 0 Å². The van der Waals surface area contributed by atoms with Gasteiger partial charge in [-0.05, 0) is 0 Å². The maximum atomic E-state index is 9.06. The first-order chi connectivity index (χ1) is 2.00. The largest absolute Gasteiger partial charge is 1.00 e. The van der Waals surface area contributed by atoms with Crippen molar-refractivity contribution in [2.75, 3.05) is 0 Å². The minimum atomic E-state index is -3.95. The van der Waals surface area contributed by atoms with E-state index in [-0.39, 0.29) is 51.4 Å². The SMILES string of the molecule is O=S(=O)([O-])I.[K+]. The van der Waals surface area contributed by atoms with E-state index in [0.717, 1.165) is 21.2 Å². The molecule has 0 spiro atoms. The molecule has 0 heterocycles. The van der Waals surface area contributed by atoms with Gasteiger partial charge in [-0.3, -0.25) is 0 Å². The summed E-state index contributed by atoms with van der Waals surface area (Å²) in [6.45, 7) is 0. The molecule has 6 heavy (non-hydrogen) atoms. The second-order valence-electron chi connectivity index (χ2n) is 0.393. The summed E-state index contributed by atoms with van der Waals surface area (Å²) in [4.78, 5) is 0. The smallest absolute Gasteiger partial charge is 0.740 e. The zero-order valence-corrected chi connectivity index (χ0v) is 9.11. The normalized spacial score (nSPS) is 9.67. The van der Waals surface area contributed by atoms with Crippen LogP contribution >= 0.6 is 21.2 Å². The molecule has 0 aromatic rings. The molecule has 0 aliphatic rings. The molecule has 0 bridgehead atoms. The standard InChI is InChI=1S/HIO3S.K/c1-5(2,3)4;/h(H,2,3,4);/q;+1/p-1. The Kier molecular flexibility index (Phi) is 7.76. The van der Waals surface area contributed by atoms with Gasteiger partial charge in [0.2, 0.25) is 0 Å². The Labute approximate surface area is 90.6 Å². The van der Waals surface area contributed by atoms with Gasteiger partial charge in [0.25, 0.3) is 0 Å². The third-order valence-corrected chi connectivity index (χ3v) is 0. The van der Waals surface area contributed by atoms with Crippen molar-refractivity contribution in [2.45, 2.75) is 0 Å². The second-order valence-corrected chi connectivity index (χ2v) is 4.42. The van der Waals surface area contributed by atoms with Gasteiger partial charge in [-0.2, -0.15) is 0 Å². The summed E-state index contributed by atoms with van der Waals surface area (Å²) >= 11 is 0.794. The van der Waals surface area contributed by atoms with Crippen molar-refractivity contribution in [2.24, 2.45) is 0 Å². The van der Waals surface area contributed by atoms with E-state index in [0.29, 0.717) is 0 Å². The predicted molar refractivity (Wildman–Crippen MR) is 23.7 cm³/mol. The Morgan fingerprint density at radius 2 is 1.50 bits per heavy atom. The fourth-order valence-corrected chi connectivity index (χ4v) is 0. The van der Waals surface area contributed by atoms with Crippen LogP contribution < -0.4 is 51.4 Å². The van der Waals surface area contributed by atoms with Gasteiger partial charge in [-0.15, -0.1) is 0 Å². The molecule has 0 saturated carbocycles. The topological polar surface area (TPSA) is 57.2 Å². The number of hydrogen-bond donors (Lipinski definition) is 0. The van der Waals surface area contributed by atoms with Crippen LogP contribution in [0.3, 0.4) is 0 Å². The minimum absolute atomic E-state index is 0. The Morgan fingerprint density at radius 3 is 1.50 bits per heavy atom. The van der Waals surface area contributed by atoms with E-state index in [1.165, 1.54) is 0 Å². The van der Waals surface area contributed by atoms with Crippen LogP contribution in [-0.4, -0.2) is 13.0 Å². The summed E-state index contributed by atoms with van der Waals surface area (Å²) < 4.78 is 27.2. The van der Waals surface area contributed by atoms with Crippen molar-refractivity contribution in [3.63, 3.8) is 0 Å². The maximum absolute atomic E-state index is 9.06. The van der Waals surface area contributed by atoms with Gasteiger partial charge >= 0.3 is 51.4 Å². The molecule has 0 fully saturated rings. The summed E-state index contributed by atoms with van der Waals surface area (Å²) in [6.07, 6.45) is 0. The van der Waals surface area contributed by atoms with Gasteiger partial charge in [0.1, 0.15) is 0 Å². The van der Waals surface area contributed by atoms with E-state index in [9.17, 15) is 0 Å². The predicted octanol–water partition coefficient (Wildman–Crippen LogP) is -3.11. The molecule has 0 radical (unpaired) electrons. The molecule has 0 saturated heterocycles. The zero-order chi connectivity index (χ0) is 4.50. The number of rotatable bonds is 0. The molecule has 6 heteroatoms. The molecule has 0 aromatic carbocycles. The average molecular weight is 246 g/mol. The Balaban J connectivity index is 0. The first-order valence-electron chi connectivity index (χ1n) is 0.654. The van der Waals surface area contributed by atoms with Crippen LogP contribution in [0.15, 0.2) is 0 Å². The monoisotopic (exact) mass is 246 g/mol. The van der Waals surface area contributed by atoms with Gasteiger partial charge in [0.05, 0.1) is 21.2 Å². The van der Waals surface area contributed by atoms with E-state index < -0.39 is 7.29 Å². The quantitative estimate of drug-likeness (QED) is 0.197. The fraction of sp³-hybridized carbons (Fsp3) is 0. The zero-order valence-electron chi connectivity index (χ0n) is 3.01. The average Bonchev–Trinajstić information content (AvgIpc) is 0.722. The van der Waals surface area contributed by atoms with Crippen LogP contribution in [0.4, 0.5) is 0 Å². The Hall–Kier alpha value is 2.28. The van der Waals surface area contributed by atoms with E-state index in [4.69, 9.17) is 13.0 Å². The van der Waals surface area contributed by atoms with Gasteiger partial charge in [0.15, 0.2) is 7.29 Å². The van der Waals surface area contributed by atoms with Crippen molar-refractivity contribution in [3.8, 4) is 0 Å². The van der Waals surface area contributed by atoms with Crippen LogP contribution in [0.1, 0.15) is 0 Å². The Morgan fingerprint density at radius 1 is 1.50 bits per heavy atom. The van der Waals surface area contributed by atoms with Gasteiger partial charge in [-0.25, -0.2) is 8.42 Å². The third kappa shape index (κ3) is 33.7. The van der Waals surface area contributed by atoms with Crippen molar-refractivity contribution in [3.05, 3.63) is 0 Å². The molecule has 0 amide bonds. The minimum Gasteiger partial charge on any atom is -0.740 e. The van der Waals surface area contributed by atoms with Crippen LogP contribution in [0.5, 0.6) is 0 Å². The van der Waals surface area contributed by atoms with Crippen LogP contribution in [0, 0.1) is 0 Å². The van der Waals surface area contributed by atoms with Gasteiger partial charge in [-0.1, -0.05) is 0 Å². The van der Waals surface area contributed by atoms with Crippen LogP contribution in [0.25, 0.3) is 0 Å². The molecule has 3 nitrogen and oxygen atoms in total. The van der Waals surface area contributed by atoms with E-state index in [1.807, 2.05) is 0 Å². The fourth-order valence-electron chi connectivity index (χ4n) is 0. The molecule has 0 rings (SSSR count). The summed E-state index contributed by atoms with van der Waals surface area (Å²) in [5.41, 5.74) is 0. The van der Waals surface area contributed by atoms with Crippen molar-refractivity contribution in [1.82, 2.24) is 0 Å². The summed E-state index contributed by atoms with van der Waals surface area (Å²) in [6, 6.07) is 0. The van der Waals surface area contributed by atoms with Crippen LogP contribution in [0.2, 0.25) is 0 Å². The summed E-state index contributed by atoms with van der Waals surface area (Å²) in [7, 11) is -3.95. The summed E-state index contributed by atoms with van der Waals surface area (Å²) in [5, 5.41) is 0. The Bertz CT molecular complexity index is 94.0. The molecule has 0 unspecified atom stereocenters. The number of halogens is 1. The van der Waals surface area contributed by atoms with Crippen LogP contribution in [-0.2, 0) is 7.29 Å². The molecular weight excluding hydrogens is 246 g/mol. The van der Waals surface area contributed by atoms with Gasteiger partial charge < -0.3 is 4.55 Å². The molecule has 0 atom stereocenters. The molecule has 0 aromatic heterocycles. The van der Waals surface area contributed by atoms with Crippen molar-refractivity contribution < 1.29 is 64.4 Å². The van der Waals surface area contributed by atoms with E-state index in [2.05, 4.69) is 0 Å². The van der Waals surface area contributed by atoms with Crippen molar-refractivity contribution >= 4 is 28.5 Å². The first-order valence-corrected chi connectivity index (χ1v) is 4.61. The maximum Gasteiger partial charge on any atom is 1.00 e. The molecule has 32 valence electrons. The molecule has 0 N–H and O–H groups in total. The van der Waals surface area contributed by atoms with E-state index in [1.54, 1.807) is 0 Å².